The molecule has 1 atom stereocenters. The van der Waals surface area contributed by atoms with Gasteiger partial charge in [-0.15, -0.1) is 0 Å². The summed E-state index contributed by atoms with van der Waals surface area (Å²) in [5, 5.41) is 19.2. The van der Waals surface area contributed by atoms with Gasteiger partial charge in [-0.25, -0.2) is 4.98 Å². The number of aliphatic hydroxyl groups is 2. The molecule has 0 unspecified atom stereocenters. The number of pyridine rings is 1. The van der Waals surface area contributed by atoms with Crippen molar-refractivity contribution in [3.63, 3.8) is 0 Å². The number of aliphatic hydroxyl groups excluding tert-OH is 2. The molecule has 0 saturated carbocycles. The molecule has 0 bridgehead atoms. The predicted molar refractivity (Wildman–Crippen MR) is 119 cm³/mol. The molecule has 0 spiro atoms. The molecule has 1 aromatic heterocycles. The van der Waals surface area contributed by atoms with E-state index in [4.69, 9.17) is 5.73 Å². The van der Waals surface area contributed by atoms with Gasteiger partial charge < -0.3 is 20.8 Å². The zero-order valence-corrected chi connectivity index (χ0v) is 18.0. The molecule has 1 aliphatic carbocycles. The minimum absolute atomic E-state index is 0.0334. The maximum absolute atomic E-state index is 12.9. The van der Waals surface area contributed by atoms with E-state index in [-0.39, 0.29) is 24.2 Å². The van der Waals surface area contributed by atoms with Crippen molar-refractivity contribution < 1.29 is 28.2 Å². The van der Waals surface area contributed by atoms with E-state index in [1.165, 1.54) is 12.1 Å². The van der Waals surface area contributed by atoms with Crippen LogP contribution in [0.2, 0.25) is 0 Å². The van der Waals surface area contributed by atoms with Gasteiger partial charge in [-0.05, 0) is 53.7 Å². The Hall–Kier alpha value is -3.17. The molecule has 0 fully saturated rings. The van der Waals surface area contributed by atoms with Gasteiger partial charge in [0.2, 0.25) is 0 Å². The monoisotopic (exact) mass is 461 g/mol. The Morgan fingerprint density at radius 2 is 2.00 bits per heavy atom. The fraction of sp³-hybridized carbons (Fsp3) is 0.333. The van der Waals surface area contributed by atoms with Gasteiger partial charge in [-0.3, -0.25) is 4.79 Å². The molecule has 0 saturated heterocycles. The number of anilines is 1. The van der Waals surface area contributed by atoms with Gasteiger partial charge in [-0.2, -0.15) is 13.2 Å². The first-order valence-corrected chi connectivity index (χ1v) is 10.4. The summed E-state index contributed by atoms with van der Waals surface area (Å²) in [6, 6.07) is 3.10. The van der Waals surface area contributed by atoms with Crippen LogP contribution in [0.15, 0.2) is 71.4 Å². The number of rotatable bonds is 7. The largest absolute Gasteiger partial charge is 0.412 e. The third-order valence-electron chi connectivity index (χ3n) is 5.85. The smallest absolute Gasteiger partial charge is 0.393 e. The van der Waals surface area contributed by atoms with Crippen molar-refractivity contribution in [3.05, 3.63) is 82.8 Å². The zero-order valence-electron chi connectivity index (χ0n) is 18.0. The Labute approximate surface area is 189 Å². The predicted octanol–water partition coefficient (Wildman–Crippen LogP) is 3.66. The third-order valence-corrected chi connectivity index (χ3v) is 5.85. The topological polar surface area (TPSA) is 99.7 Å². The van der Waals surface area contributed by atoms with E-state index in [9.17, 15) is 28.2 Å². The van der Waals surface area contributed by atoms with Gasteiger partial charge in [0, 0.05) is 24.4 Å². The van der Waals surface area contributed by atoms with Gasteiger partial charge in [0.05, 0.1) is 12.3 Å². The van der Waals surface area contributed by atoms with E-state index in [1.807, 2.05) is 4.90 Å². The van der Waals surface area contributed by atoms with Crippen molar-refractivity contribution in [2.45, 2.75) is 31.5 Å². The van der Waals surface area contributed by atoms with E-state index in [1.54, 1.807) is 12.1 Å². The van der Waals surface area contributed by atoms with E-state index >= 15 is 0 Å². The molecule has 1 amide bonds. The zero-order chi connectivity index (χ0) is 24.3. The van der Waals surface area contributed by atoms with Crippen molar-refractivity contribution >= 4 is 11.6 Å². The van der Waals surface area contributed by atoms with Crippen LogP contribution in [0.1, 0.15) is 41.5 Å². The Bertz CT molecular complexity index is 1070. The van der Waals surface area contributed by atoms with Crippen molar-refractivity contribution in [1.29, 1.82) is 0 Å². The van der Waals surface area contributed by atoms with E-state index in [2.05, 4.69) is 18.1 Å². The summed E-state index contributed by atoms with van der Waals surface area (Å²) in [4.78, 5) is 17.7. The van der Waals surface area contributed by atoms with Gasteiger partial charge in [0.25, 0.3) is 5.91 Å². The second kappa shape index (κ2) is 9.76. The Kier molecular flexibility index (Phi) is 7.24. The molecule has 9 heteroatoms. The lowest BCUT2D eigenvalue weighted by Gasteiger charge is -2.33. The summed E-state index contributed by atoms with van der Waals surface area (Å²) < 4.78 is 38.7. The summed E-state index contributed by atoms with van der Waals surface area (Å²) in [6.07, 6.45) is -0.562. The maximum atomic E-state index is 12.9. The van der Waals surface area contributed by atoms with E-state index in [0.29, 0.717) is 30.8 Å². The standard InChI is InChI=1S/C24H26F3N3O3/c1-3-15-12-30(18-10-20(22(32)13-31)29-21(11-18)23(28)33)9-8-19(15)14(2)16-4-6-17(7-5-16)24(25,26)27/h3-4,6,10-11,22,31-32H,1-2,5,7-9,12-13H2,(H2,28,33)/t22-/m0/s1. The molecule has 4 N–H and O–H groups in total. The number of aromatic nitrogens is 1. The van der Waals surface area contributed by atoms with E-state index in [0.717, 1.165) is 22.8 Å². The second-order valence-corrected chi connectivity index (χ2v) is 7.94. The number of allylic oxidation sites excluding steroid dienone is 5. The highest BCUT2D eigenvalue weighted by atomic mass is 19.4. The second-order valence-electron chi connectivity index (χ2n) is 7.94. The molecule has 2 heterocycles. The summed E-state index contributed by atoms with van der Waals surface area (Å²) in [6.45, 7) is 8.39. The van der Waals surface area contributed by atoms with Crippen molar-refractivity contribution in [2.75, 3.05) is 24.6 Å². The van der Waals surface area contributed by atoms with E-state index < -0.39 is 30.4 Å². The molecule has 0 radical (unpaired) electrons. The molecule has 1 aliphatic heterocycles. The SMILES string of the molecule is C=CC1=C(C(=C)C2=CC=C(C(F)(F)F)CC2)CCN(c2cc(C(N)=O)nc([C@@H](O)CO)c2)C1. The highest BCUT2D eigenvalue weighted by Gasteiger charge is 2.34. The van der Waals surface area contributed by atoms with Crippen LogP contribution >= 0.6 is 0 Å². The van der Waals surface area contributed by atoms with Gasteiger partial charge in [0.1, 0.15) is 11.8 Å². The lowest BCUT2D eigenvalue weighted by atomic mass is 9.85. The first kappa shape index (κ1) is 24.5. The van der Waals surface area contributed by atoms with Crippen LogP contribution in [-0.4, -0.2) is 47.0 Å². The first-order chi connectivity index (χ1) is 15.5. The molecular formula is C24H26F3N3O3. The molecule has 3 rings (SSSR count). The van der Waals surface area contributed by atoms with Crippen LogP contribution in [0.25, 0.3) is 0 Å². The minimum Gasteiger partial charge on any atom is -0.393 e. The van der Waals surface area contributed by atoms with Crippen molar-refractivity contribution in [1.82, 2.24) is 4.98 Å². The third kappa shape index (κ3) is 5.43. The number of nitrogens with zero attached hydrogens (tertiary/aromatic N) is 2. The highest BCUT2D eigenvalue weighted by Crippen LogP contribution is 2.38. The van der Waals surface area contributed by atoms with Gasteiger partial charge in [0.15, 0.2) is 0 Å². The number of nitrogens with two attached hydrogens (primary N) is 1. The number of amides is 1. The number of carbonyl (C=O) groups excluding carboxylic acids is 1. The number of alkyl halides is 3. The lowest BCUT2D eigenvalue weighted by Crippen LogP contribution is -2.32. The van der Waals surface area contributed by atoms with Crippen molar-refractivity contribution in [3.8, 4) is 0 Å². The van der Waals surface area contributed by atoms with Crippen LogP contribution in [0.4, 0.5) is 18.9 Å². The number of hydrogen-bond donors (Lipinski definition) is 3. The molecular weight excluding hydrogens is 435 g/mol. The number of hydrogen-bond acceptors (Lipinski definition) is 5. The molecule has 2 aliphatic rings. The molecule has 176 valence electrons. The molecule has 0 aromatic carbocycles. The summed E-state index contributed by atoms with van der Waals surface area (Å²) in [7, 11) is 0. The van der Waals surface area contributed by atoms with Gasteiger partial charge in [-0.1, -0.05) is 31.4 Å². The maximum Gasteiger partial charge on any atom is 0.412 e. The summed E-state index contributed by atoms with van der Waals surface area (Å²) in [5.74, 6) is -0.760. The summed E-state index contributed by atoms with van der Waals surface area (Å²) >= 11 is 0. The summed E-state index contributed by atoms with van der Waals surface area (Å²) in [5.41, 5.74) is 8.77. The minimum atomic E-state index is -4.32. The fourth-order valence-electron chi connectivity index (χ4n) is 3.97. The highest BCUT2D eigenvalue weighted by molar-refractivity contribution is 5.91. The van der Waals surface area contributed by atoms with Crippen LogP contribution in [-0.2, 0) is 0 Å². The Morgan fingerprint density at radius 3 is 2.55 bits per heavy atom. The van der Waals surface area contributed by atoms with Crippen LogP contribution in [0.5, 0.6) is 0 Å². The average Bonchev–Trinajstić information content (AvgIpc) is 2.81. The number of halogens is 3. The Morgan fingerprint density at radius 1 is 1.27 bits per heavy atom. The molecule has 33 heavy (non-hydrogen) atoms. The fourth-order valence-corrected chi connectivity index (χ4v) is 3.97. The quantitative estimate of drug-likeness (QED) is 0.576. The van der Waals surface area contributed by atoms with Crippen LogP contribution < -0.4 is 10.6 Å². The number of primary amides is 1. The normalized spacial score (nSPS) is 17.9. The van der Waals surface area contributed by atoms with Crippen LogP contribution in [0, 0.1) is 0 Å². The van der Waals surface area contributed by atoms with Crippen molar-refractivity contribution in [2.24, 2.45) is 5.73 Å². The van der Waals surface area contributed by atoms with Crippen LogP contribution in [0.3, 0.4) is 0 Å². The number of carbonyl (C=O) groups is 1. The molecule has 6 nitrogen and oxygen atoms in total. The first-order valence-electron chi connectivity index (χ1n) is 10.4. The lowest BCUT2D eigenvalue weighted by molar-refractivity contribution is -0.0941. The molecule has 1 aromatic rings. The van der Waals surface area contributed by atoms with Gasteiger partial charge >= 0.3 is 6.18 Å². The Balaban J connectivity index is 1.88. The average molecular weight is 461 g/mol.